The number of carbonyl (C=O) groups is 2. The number of amides is 2. The van der Waals surface area contributed by atoms with Crippen molar-refractivity contribution in [3.63, 3.8) is 0 Å². The van der Waals surface area contributed by atoms with E-state index in [4.69, 9.17) is 9.47 Å². The molecular formula is C15H19N2O4+. The number of ether oxygens (including phenoxy) is 2. The molecule has 0 unspecified atom stereocenters. The highest BCUT2D eigenvalue weighted by molar-refractivity contribution is 6.21. The van der Waals surface area contributed by atoms with Gasteiger partial charge in [0.2, 0.25) is 12.7 Å². The van der Waals surface area contributed by atoms with Crippen molar-refractivity contribution in [2.45, 2.75) is 38.8 Å². The lowest BCUT2D eigenvalue weighted by atomic mass is 10.1. The molecule has 21 heavy (non-hydrogen) atoms. The zero-order valence-corrected chi connectivity index (χ0v) is 12.4. The van der Waals surface area contributed by atoms with Crippen molar-refractivity contribution in [2.24, 2.45) is 0 Å². The molecule has 0 saturated carbocycles. The van der Waals surface area contributed by atoms with Crippen molar-refractivity contribution < 1.29 is 24.4 Å². The van der Waals surface area contributed by atoms with Crippen molar-refractivity contribution in [2.75, 3.05) is 11.7 Å². The van der Waals surface area contributed by atoms with Crippen LogP contribution in [0.2, 0.25) is 0 Å². The fraction of sp³-hybridized carbons (Fsp3) is 0.467. The van der Waals surface area contributed by atoms with E-state index in [-0.39, 0.29) is 36.6 Å². The Hall–Kier alpha value is -2.08. The lowest BCUT2D eigenvalue weighted by Gasteiger charge is -2.21. The molecule has 0 radical (unpaired) electrons. The van der Waals surface area contributed by atoms with E-state index in [9.17, 15) is 9.59 Å². The molecular weight excluding hydrogens is 272 g/mol. The van der Waals surface area contributed by atoms with Crippen molar-refractivity contribution in [1.82, 2.24) is 0 Å². The fourth-order valence-electron chi connectivity index (χ4n) is 2.68. The van der Waals surface area contributed by atoms with E-state index in [0.717, 1.165) is 0 Å². The fourth-order valence-corrected chi connectivity index (χ4v) is 2.68. The molecule has 2 aliphatic heterocycles. The summed E-state index contributed by atoms with van der Waals surface area (Å²) in [5.74, 6) is 0.852. The Bertz CT molecular complexity index is 606. The third-order valence-corrected chi connectivity index (χ3v) is 3.50. The Morgan fingerprint density at radius 2 is 1.90 bits per heavy atom. The minimum absolute atomic E-state index is 0.106. The summed E-state index contributed by atoms with van der Waals surface area (Å²) < 4.78 is 10.5. The Labute approximate surface area is 123 Å². The van der Waals surface area contributed by atoms with Crippen LogP contribution in [0, 0.1) is 0 Å². The van der Waals surface area contributed by atoms with E-state index in [1.807, 2.05) is 26.1 Å². The zero-order valence-electron chi connectivity index (χ0n) is 12.4. The minimum atomic E-state index is -0.358. The number of anilines is 1. The van der Waals surface area contributed by atoms with Gasteiger partial charge in [-0.25, -0.2) is 4.90 Å². The Morgan fingerprint density at radius 3 is 2.62 bits per heavy atom. The summed E-state index contributed by atoms with van der Waals surface area (Å²) in [6.07, 6.45) is 0.227. The highest BCUT2D eigenvalue weighted by Crippen LogP contribution is 2.36. The van der Waals surface area contributed by atoms with Crippen LogP contribution in [-0.4, -0.2) is 30.2 Å². The first kappa shape index (κ1) is 13.9. The second-order valence-corrected chi connectivity index (χ2v) is 6.45. The Balaban J connectivity index is 1.85. The summed E-state index contributed by atoms with van der Waals surface area (Å²) >= 11 is 0. The van der Waals surface area contributed by atoms with Gasteiger partial charge < -0.3 is 14.8 Å². The highest BCUT2D eigenvalue weighted by Gasteiger charge is 2.44. The first-order chi connectivity index (χ1) is 9.85. The van der Waals surface area contributed by atoms with Crippen LogP contribution in [0.3, 0.4) is 0 Å². The number of benzene rings is 1. The molecule has 6 heteroatoms. The summed E-state index contributed by atoms with van der Waals surface area (Å²) in [6.45, 7) is 6.23. The van der Waals surface area contributed by atoms with Gasteiger partial charge >= 0.3 is 0 Å². The summed E-state index contributed by atoms with van der Waals surface area (Å²) in [5, 5.41) is 1.94. The second-order valence-electron chi connectivity index (χ2n) is 6.45. The number of quaternary nitrogens is 1. The first-order valence-corrected chi connectivity index (χ1v) is 6.98. The monoisotopic (exact) mass is 291 g/mol. The van der Waals surface area contributed by atoms with E-state index in [2.05, 4.69) is 0 Å². The summed E-state index contributed by atoms with van der Waals surface area (Å²) in [6, 6.07) is 4.75. The predicted octanol–water partition coefficient (Wildman–Crippen LogP) is 0.409. The van der Waals surface area contributed by atoms with Gasteiger partial charge in [-0.3, -0.25) is 9.59 Å². The number of nitrogens with zero attached hydrogens (tertiary/aromatic N) is 1. The molecule has 112 valence electrons. The van der Waals surface area contributed by atoms with Gasteiger partial charge in [-0.15, -0.1) is 0 Å². The van der Waals surface area contributed by atoms with E-state index in [1.54, 1.807) is 18.2 Å². The third kappa shape index (κ3) is 2.58. The minimum Gasteiger partial charge on any atom is -0.454 e. The van der Waals surface area contributed by atoms with Crippen LogP contribution in [0.4, 0.5) is 5.69 Å². The number of hydrogen-bond donors (Lipinski definition) is 1. The average molecular weight is 291 g/mol. The van der Waals surface area contributed by atoms with Crippen LogP contribution in [0.5, 0.6) is 11.5 Å². The van der Waals surface area contributed by atoms with Crippen LogP contribution in [-0.2, 0) is 9.59 Å². The van der Waals surface area contributed by atoms with Crippen LogP contribution in [0.25, 0.3) is 0 Å². The molecule has 0 aromatic heterocycles. The molecule has 0 aliphatic carbocycles. The summed E-state index contributed by atoms with van der Waals surface area (Å²) in [4.78, 5) is 25.9. The molecule has 1 atom stereocenters. The van der Waals surface area contributed by atoms with Crippen molar-refractivity contribution in [3.05, 3.63) is 18.2 Å². The second kappa shape index (κ2) is 4.73. The molecule has 2 heterocycles. The zero-order chi connectivity index (χ0) is 15.2. The Morgan fingerprint density at radius 1 is 1.19 bits per heavy atom. The molecule has 6 nitrogen and oxygen atoms in total. The SMILES string of the molecule is CC(C)(C)[NH2+][C@@H]1CC(=O)N(c2ccc3c(c2)OCO3)C1=O. The van der Waals surface area contributed by atoms with Crippen molar-refractivity contribution in [3.8, 4) is 11.5 Å². The number of nitrogens with two attached hydrogens (primary N) is 1. The largest absolute Gasteiger partial charge is 0.454 e. The van der Waals surface area contributed by atoms with Crippen LogP contribution in [0.15, 0.2) is 18.2 Å². The number of rotatable bonds is 2. The molecule has 2 N–H and O–H groups in total. The van der Waals surface area contributed by atoms with Crippen molar-refractivity contribution >= 4 is 17.5 Å². The Kier molecular flexibility index (Phi) is 3.13. The van der Waals surface area contributed by atoms with E-state index < -0.39 is 0 Å². The first-order valence-electron chi connectivity index (χ1n) is 6.98. The van der Waals surface area contributed by atoms with Gasteiger partial charge in [0.15, 0.2) is 17.5 Å². The van der Waals surface area contributed by atoms with Crippen molar-refractivity contribution in [1.29, 1.82) is 0 Å². The van der Waals surface area contributed by atoms with Gasteiger partial charge in [-0.05, 0) is 32.9 Å². The van der Waals surface area contributed by atoms with Gasteiger partial charge in [-0.2, -0.15) is 0 Å². The smallest absolute Gasteiger partial charge is 0.292 e. The maximum atomic E-state index is 12.5. The summed E-state index contributed by atoms with van der Waals surface area (Å²) in [5.41, 5.74) is 0.435. The topological polar surface area (TPSA) is 72.5 Å². The molecule has 3 rings (SSSR count). The molecule has 1 aromatic rings. The molecule has 1 fully saturated rings. The molecule has 1 saturated heterocycles. The predicted molar refractivity (Wildman–Crippen MR) is 75.1 cm³/mol. The van der Waals surface area contributed by atoms with Crippen LogP contribution < -0.4 is 19.7 Å². The van der Waals surface area contributed by atoms with Gasteiger partial charge in [0.1, 0.15) is 0 Å². The van der Waals surface area contributed by atoms with Gasteiger partial charge in [0, 0.05) is 6.07 Å². The molecule has 2 aliphatic rings. The van der Waals surface area contributed by atoms with E-state index in [1.165, 1.54) is 4.90 Å². The quantitative estimate of drug-likeness (QED) is 0.801. The molecule has 2 amide bonds. The van der Waals surface area contributed by atoms with Crippen LogP contribution >= 0.6 is 0 Å². The normalized spacial score (nSPS) is 21.3. The number of imide groups is 1. The summed E-state index contributed by atoms with van der Waals surface area (Å²) in [7, 11) is 0. The van der Waals surface area contributed by atoms with Gasteiger partial charge in [0.05, 0.1) is 17.6 Å². The molecule has 1 aromatic carbocycles. The lowest BCUT2D eigenvalue weighted by Crippen LogP contribution is -3.00. The van der Waals surface area contributed by atoms with Gasteiger partial charge in [0.25, 0.3) is 5.91 Å². The maximum absolute atomic E-state index is 12.5. The lowest BCUT2D eigenvalue weighted by molar-refractivity contribution is -0.734. The maximum Gasteiger partial charge on any atom is 0.292 e. The standard InChI is InChI=1S/C15H18N2O4/c1-15(2,3)16-10-7-13(18)17(14(10)19)9-4-5-11-12(6-9)21-8-20-11/h4-6,10,16H,7-8H2,1-3H3/p+1/t10-/m1/s1. The van der Waals surface area contributed by atoms with E-state index in [0.29, 0.717) is 17.2 Å². The highest BCUT2D eigenvalue weighted by atomic mass is 16.7. The number of carbonyl (C=O) groups excluding carboxylic acids is 2. The average Bonchev–Trinajstić information content (AvgIpc) is 2.92. The van der Waals surface area contributed by atoms with Gasteiger partial charge in [-0.1, -0.05) is 0 Å². The number of hydrogen-bond acceptors (Lipinski definition) is 4. The van der Waals surface area contributed by atoms with Crippen LogP contribution in [0.1, 0.15) is 27.2 Å². The number of fused-ring (bicyclic) bond motifs is 1. The van der Waals surface area contributed by atoms with E-state index >= 15 is 0 Å². The molecule has 0 bridgehead atoms. The molecule has 0 spiro atoms. The third-order valence-electron chi connectivity index (χ3n) is 3.50.